The topological polar surface area (TPSA) is 99.8 Å². The van der Waals surface area contributed by atoms with Crippen LogP contribution in [0, 0.1) is 0 Å². The van der Waals surface area contributed by atoms with Gasteiger partial charge in [-0.3, -0.25) is 20.4 Å². The number of carbonyl (C=O) groups is 2. The average Bonchev–Trinajstić information content (AvgIpc) is 2.99. The molecule has 0 radical (unpaired) electrons. The van der Waals surface area contributed by atoms with E-state index in [1.807, 2.05) is 0 Å². The number of hydrazine groups is 1. The first-order valence-corrected chi connectivity index (χ1v) is 7.44. The lowest BCUT2D eigenvalue weighted by Gasteiger charge is -2.07. The van der Waals surface area contributed by atoms with Crippen LogP contribution in [0.4, 0.5) is 0 Å². The van der Waals surface area contributed by atoms with Crippen molar-refractivity contribution >= 4 is 39.5 Å². The van der Waals surface area contributed by atoms with Gasteiger partial charge in [0.15, 0.2) is 5.16 Å². The minimum absolute atomic E-state index is 0.149. The molecule has 0 saturated heterocycles. The molecule has 0 unspecified atom stereocenters. The van der Waals surface area contributed by atoms with Gasteiger partial charge in [0.05, 0.1) is 4.47 Å². The smallest absolute Gasteiger partial charge is 0.289 e. The lowest BCUT2D eigenvalue weighted by atomic mass is 10.4. The van der Waals surface area contributed by atoms with Gasteiger partial charge in [0.2, 0.25) is 0 Å². The summed E-state index contributed by atoms with van der Waals surface area (Å²) < 4.78 is 0.446. The summed E-state index contributed by atoms with van der Waals surface area (Å²) in [6.07, 6.45) is 4.90. The van der Waals surface area contributed by atoms with Crippen LogP contribution in [0.1, 0.15) is 21.0 Å². The molecular formula is C11H10BrN5O2S. The Hall–Kier alpha value is -1.87. The molecule has 0 bridgehead atoms. The molecule has 2 aromatic rings. The Balaban J connectivity index is 2.03. The lowest BCUT2D eigenvalue weighted by molar-refractivity contribution is 0.0840. The van der Waals surface area contributed by atoms with Crippen molar-refractivity contribution in [3.63, 3.8) is 0 Å². The SMILES string of the molecule is CSc1ncc(Br)c(C(=O)NNC(=O)c2ccc[nH]2)n1. The molecule has 104 valence electrons. The second-order valence-electron chi connectivity index (χ2n) is 3.55. The molecular weight excluding hydrogens is 346 g/mol. The number of aromatic nitrogens is 3. The molecule has 2 amide bonds. The molecule has 0 atom stereocenters. The third-order valence-electron chi connectivity index (χ3n) is 2.25. The number of nitrogens with one attached hydrogen (secondary N) is 3. The first kappa shape index (κ1) is 14.5. The van der Waals surface area contributed by atoms with Gasteiger partial charge in [-0.05, 0) is 34.3 Å². The van der Waals surface area contributed by atoms with Crippen LogP contribution in [0.15, 0.2) is 34.2 Å². The number of hydrogen-bond acceptors (Lipinski definition) is 5. The van der Waals surface area contributed by atoms with Gasteiger partial charge < -0.3 is 4.98 Å². The number of H-pyrrole nitrogens is 1. The zero-order chi connectivity index (χ0) is 14.5. The Morgan fingerprint density at radius 3 is 2.75 bits per heavy atom. The zero-order valence-corrected chi connectivity index (χ0v) is 12.7. The summed E-state index contributed by atoms with van der Waals surface area (Å²) in [4.78, 5) is 34.4. The van der Waals surface area contributed by atoms with Gasteiger partial charge in [-0.25, -0.2) is 9.97 Å². The van der Waals surface area contributed by atoms with Crippen molar-refractivity contribution in [2.24, 2.45) is 0 Å². The fourth-order valence-electron chi connectivity index (χ4n) is 1.32. The quantitative estimate of drug-likeness (QED) is 0.438. The monoisotopic (exact) mass is 355 g/mol. The molecule has 0 aliphatic rings. The summed E-state index contributed by atoms with van der Waals surface area (Å²) >= 11 is 4.51. The van der Waals surface area contributed by atoms with Crippen LogP contribution in [-0.2, 0) is 0 Å². The number of thioether (sulfide) groups is 1. The lowest BCUT2D eigenvalue weighted by Crippen LogP contribution is -2.42. The Kier molecular flexibility index (Phi) is 4.74. The van der Waals surface area contributed by atoms with Gasteiger partial charge >= 0.3 is 0 Å². The number of nitrogens with zero attached hydrogens (tertiary/aromatic N) is 2. The third kappa shape index (κ3) is 3.36. The van der Waals surface area contributed by atoms with Gasteiger partial charge in [-0.15, -0.1) is 0 Å². The van der Waals surface area contributed by atoms with Crippen molar-refractivity contribution in [2.45, 2.75) is 5.16 Å². The van der Waals surface area contributed by atoms with Crippen molar-refractivity contribution in [1.82, 2.24) is 25.8 Å². The van der Waals surface area contributed by atoms with Gasteiger partial charge in [0, 0.05) is 12.4 Å². The second-order valence-corrected chi connectivity index (χ2v) is 5.17. The standard InChI is InChI=1S/C11H10BrN5O2S/c1-20-11-14-5-6(12)8(15-11)10(19)17-16-9(18)7-3-2-4-13-7/h2-5,13H,1H3,(H,16,18)(H,17,19). The van der Waals surface area contributed by atoms with E-state index < -0.39 is 11.8 Å². The average molecular weight is 356 g/mol. The van der Waals surface area contributed by atoms with Crippen LogP contribution in [0.3, 0.4) is 0 Å². The number of aromatic amines is 1. The predicted octanol–water partition coefficient (Wildman–Crippen LogP) is 1.36. The van der Waals surface area contributed by atoms with Crippen molar-refractivity contribution in [2.75, 3.05) is 6.26 Å². The molecule has 0 aromatic carbocycles. The van der Waals surface area contributed by atoms with Gasteiger partial charge in [-0.1, -0.05) is 11.8 Å². The van der Waals surface area contributed by atoms with Crippen LogP contribution in [0.5, 0.6) is 0 Å². The molecule has 3 N–H and O–H groups in total. The summed E-state index contributed by atoms with van der Waals surface area (Å²) in [7, 11) is 0. The Morgan fingerprint density at radius 1 is 1.35 bits per heavy atom. The third-order valence-corrected chi connectivity index (χ3v) is 3.39. The maximum absolute atomic E-state index is 11.9. The van der Waals surface area contributed by atoms with E-state index in [0.29, 0.717) is 15.3 Å². The predicted molar refractivity (Wildman–Crippen MR) is 77.2 cm³/mol. The highest BCUT2D eigenvalue weighted by molar-refractivity contribution is 9.10. The molecule has 9 heteroatoms. The Bertz CT molecular complexity index is 632. The van der Waals surface area contributed by atoms with E-state index in [2.05, 4.69) is 41.7 Å². The highest BCUT2D eigenvalue weighted by Crippen LogP contribution is 2.16. The fraction of sp³-hybridized carbons (Fsp3) is 0.0909. The molecule has 0 saturated carbocycles. The molecule has 0 aliphatic carbocycles. The van der Waals surface area contributed by atoms with Gasteiger partial charge in [0.25, 0.3) is 11.8 Å². The van der Waals surface area contributed by atoms with Crippen LogP contribution >= 0.6 is 27.7 Å². The summed E-state index contributed by atoms with van der Waals surface area (Å²) in [5.41, 5.74) is 5.07. The van der Waals surface area contributed by atoms with E-state index in [0.717, 1.165) is 0 Å². The molecule has 2 heterocycles. The van der Waals surface area contributed by atoms with Crippen molar-refractivity contribution in [1.29, 1.82) is 0 Å². The van der Waals surface area contributed by atoms with Crippen molar-refractivity contribution < 1.29 is 9.59 Å². The Labute approximate surface area is 127 Å². The minimum Gasteiger partial charge on any atom is -0.357 e. The van der Waals surface area contributed by atoms with Crippen molar-refractivity contribution in [3.05, 3.63) is 40.4 Å². The molecule has 0 aliphatic heterocycles. The first-order valence-electron chi connectivity index (χ1n) is 5.42. The van der Waals surface area contributed by atoms with E-state index in [-0.39, 0.29) is 5.69 Å². The van der Waals surface area contributed by atoms with E-state index in [1.54, 1.807) is 24.6 Å². The van der Waals surface area contributed by atoms with Crippen LogP contribution in [-0.4, -0.2) is 33.0 Å². The van der Waals surface area contributed by atoms with Crippen LogP contribution < -0.4 is 10.9 Å². The van der Waals surface area contributed by atoms with E-state index >= 15 is 0 Å². The van der Waals surface area contributed by atoms with E-state index in [4.69, 9.17) is 0 Å². The highest BCUT2D eigenvalue weighted by atomic mass is 79.9. The first-order chi connectivity index (χ1) is 9.61. The van der Waals surface area contributed by atoms with Crippen molar-refractivity contribution in [3.8, 4) is 0 Å². The number of halogens is 1. The molecule has 7 nitrogen and oxygen atoms in total. The fourth-order valence-corrected chi connectivity index (χ4v) is 2.03. The normalized spacial score (nSPS) is 10.1. The zero-order valence-electron chi connectivity index (χ0n) is 10.3. The summed E-state index contributed by atoms with van der Waals surface area (Å²) in [5.74, 6) is -0.979. The molecule has 20 heavy (non-hydrogen) atoms. The largest absolute Gasteiger partial charge is 0.357 e. The Morgan fingerprint density at radius 2 is 2.10 bits per heavy atom. The minimum atomic E-state index is -0.533. The number of rotatable bonds is 3. The van der Waals surface area contributed by atoms with Crippen LogP contribution in [0.25, 0.3) is 0 Å². The van der Waals surface area contributed by atoms with Gasteiger partial charge in [-0.2, -0.15) is 0 Å². The van der Waals surface area contributed by atoms with Crippen LogP contribution in [0.2, 0.25) is 0 Å². The number of amides is 2. The molecule has 0 spiro atoms. The molecule has 2 rings (SSSR count). The molecule has 0 fully saturated rings. The highest BCUT2D eigenvalue weighted by Gasteiger charge is 2.15. The van der Waals surface area contributed by atoms with E-state index in [9.17, 15) is 9.59 Å². The second kappa shape index (κ2) is 6.53. The van der Waals surface area contributed by atoms with E-state index in [1.165, 1.54) is 18.0 Å². The maximum atomic E-state index is 11.9. The number of carbonyl (C=O) groups excluding carboxylic acids is 2. The maximum Gasteiger partial charge on any atom is 0.289 e. The summed E-state index contributed by atoms with van der Waals surface area (Å²) in [6.45, 7) is 0. The summed E-state index contributed by atoms with van der Waals surface area (Å²) in [5, 5.41) is 0.467. The molecule has 2 aromatic heterocycles. The van der Waals surface area contributed by atoms with Gasteiger partial charge in [0.1, 0.15) is 11.4 Å². The summed E-state index contributed by atoms with van der Waals surface area (Å²) in [6, 6.07) is 3.27. The number of hydrogen-bond donors (Lipinski definition) is 3.